The van der Waals surface area contributed by atoms with Gasteiger partial charge in [-0.2, -0.15) is 0 Å². The second-order valence-corrected chi connectivity index (χ2v) is 8.68. The molecule has 2 aliphatic heterocycles. The number of benzene rings is 3. The number of aliphatic hydroxyl groups is 1. The van der Waals surface area contributed by atoms with Crippen LogP contribution in [-0.4, -0.2) is 20.4 Å². The number of aromatic nitrogens is 2. The minimum atomic E-state index is -1.17. The van der Waals surface area contributed by atoms with Crippen molar-refractivity contribution in [2.75, 3.05) is 4.90 Å². The minimum absolute atomic E-state index is 0.0994. The molecule has 0 fully saturated rings. The van der Waals surface area contributed by atoms with Crippen molar-refractivity contribution in [3.05, 3.63) is 124 Å². The third-order valence-corrected chi connectivity index (χ3v) is 6.97. The molecule has 3 aromatic carbocycles. The normalized spacial score (nSPS) is 23.5. The van der Waals surface area contributed by atoms with Gasteiger partial charge < -0.3 is 10.0 Å². The number of hydrogen-bond donors (Lipinski definition) is 1. The molecular formula is C27H23N3O3. The Morgan fingerprint density at radius 1 is 0.848 bits per heavy atom. The van der Waals surface area contributed by atoms with Crippen LogP contribution >= 0.6 is 0 Å². The first-order valence-electron chi connectivity index (χ1n) is 11.1. The van der Waals surface area contributed by atoms with Crippen LogP contribution in [0.5, 0.6) is 0 Å². The SMILES string of the molecule is O=C1N(Cc2ccccc2)c2ccccc2[C@]12[C@H](c1ccccc1)C[C@@H](O)n1c(=O)ccn12. The average molecular weight is 437 g/mol. The largest absolute Gasteiger partial charge is 0.372 e. The average Bonchev–Trinajstić information content (AvgIpc) is 3.35. The Kier molecular flexibility index (Phi) is 4.38. The van der Waals surface area contributed by atoms with Crippen LogP contribution in [0.1, 0.15) is 35.3 Å². The summed E-state index contributed by atoms with van der Waals surface area (Å²) in [6, 6.07) is 28.9. The number of nitrogens with zero attached hydrogens (tertiary/aromatic N) is 3. The molecule has 6 rings (SSSR count). The van der Waals surface area contributed by atoms with Crippen LogP contribution in [0.3, 0.4) is 0 Å². The molecule has 0 aliphatic carbocycles. The van der Waals surface area contributed by atoms with Crippen molar-refractivity contribution in [2.45, 2.75) is 30.7 Å². The Hall–Kier alpha value is -3.90. The third-order valence-electron chi connectivity index (χ3n) is 6.97. The zero-order chi connectivity index (χ0) is 22.6. The fraction of sp³-hybridized carbons (Fsp3) is 0.185. The summed E-state index contributed by atoms with van der Waals surface area (Å²) in [6.45, 7) is 0.425. The van der Waals surface area contributed by atoms with Crippen molar-refractivity contribution in [3.63, 3.8) is 0 Å². The highest BCUT2D eigenvalue weighted by Gasteiger charge is 2.60. The van der Waals surface area contributed by atoms with Gasteiger partial charge in [0.15, 0.2) is 5.54 Å². The van der Waals surface area contributed by atoms with Gasteiger partial charge in [0.1, 0.15) is 6.23 Å². The van der Waals surface area contributed by atoms with E-state index in [4.69, 9.17) is 0 Å². The number of aliphatic hydroxyl groups excluding tert-OH is 1. The molecule has 164 valence electrons. The molecule has 0 saturated heterocycles. The third kappa shape index (κ3) is 2.71. The summed E-state index contributed by atoms with van der Waals surface area (Å²) in [5.41, 5.74) is 2.16. The van der Waals surface area contributed by atoms with E-state index in [1.807, 2.05) is 89.8 Å². The Morgan fingerprint density at radius 2 is 1.52 bits per heavy atom. The van der Waals surface area contributed by atoms with E-state index in [0.717, 1.165) is 22.4 Å². The van der Waals surface area contributed by atoms with Crippen LogP contribution in [0.15, 0.2) is 102 Å². The number of anilines is 1. The van der Waals surface area contributed by atoms with Crippen molar-refractivity contribution in [2.24, 2.45) is 0 Å². The summed E-state index contributed by atoms with van der Waals surface area (Å²) in [4.78, 5) is 29.0. The van der Waals surface area contributed by atoms with E-state index < -0.39 is 11.8 Å². The highest BCUT2D eigenvalue weighted by Crippen LogP contribution is 2.55. The lowest BCUT2D eigenvalue weighted by molar-refractivity contribution is -0.130. The number of amides is 1. The first kappa shape index (κ1) is 19.8. The van der Waals surface area contributed by atoms with Gasteiger partial charge in [-0.3, -0.25) is 14.3 Å². The Balaban J connectivity index is 1.63. The smallest absolute Gasteiger partial charge is 0.269 e. The van der Waals surface area contributed by atoms with Crippen LogP contribution in [0.2, 0.25) is 0 Å². The molecule has 1 spiro atoms. The van der Waals surface area contributed by atoms with E-state index in [9.17, 15) is 14.7 Å². The molecule has 2 aliphatic rings. The lowest BCUT2D eigenvalue weighted by Crippen LogP contribution is -2.56. The second kappa shape index (κ2) is 7.32. The van der Waals surface area contributed by atoms with E-state index in [1.54, 1.807) is 10.9 Å². The first-order valence-corrected chi connectivity index (χ1v) is 11.1. The standard InChI is InChI=1S/C27H23N3O3/c31-24-15-16-29-27(22(17-25(32)30(24)29)20-11-5-2-6-12-20)21-13-7-8-14-23(21)28(26(27)33)18-19-9-3-1-4-10-19/h1-16,22,25,32H,17-18H2/t22-,25+,27-/m0/s1. The summed E-state index contributed by atoms with van der Waals surface area (Å²) in [7, 11) is 0. The van der Waals surface area contributed by atoms with Crippen molar-refractivity contribution in [1.29, 1.82) is 0 Å². The predicted octanol–water partition coefficient (Wildman–Crippen LogP) is 3.62. The Morgan fingerprint density at radius 3 is 2.27 bits per heavy atom. The summed E-state index contributed by atoms with van der Waals surface area (Å²) in [5, 5.41) is 11.0. The van der Waals surface area contributed by atoms with E-state index in [1.165, 1.54) is 10.7 Å². The molecule has 1 amide bonds. The number of fused-ring (bicyclic) bond motifs is 4. The fourth-order valence-electron chi connectivity index (χ4n) is 5.61. The molecule has 0 radical (unpaired) electrons. The summed E-state index contributed by atoms with van der Waals surface area (Å²) < 4.78 is 2.99. The van der Waals surface area contributed by atoms with Gasteiger partial charge in [-0.1, -0.05) is 78.9 Å². The lowest BCUT2D eigenvalue weighted by Gasteiger charge is -2.44. The summed E-state index contributed by atoms with van der Waals surface area (Å²) in [5.74, 6) is -0.451. The van der Waals surface area contributed by atoms with Gasteiger partial charge in [-0.05, 0) is 17.2 Å². The number of hydrogen-bond acceptors (Lipinski definition) is 3. The Bertz CT molecular complexity index is 1390. The highest BCUT2D eigenvalue weighted by molar-refractivity contribution is 6.08. The van der Waals surface area contributed by atoms with Crippen LogP contribution < -0.4 is 10.5 Å². The monoisotopic (exact) mass is 437 g/mol. The second-order valence-electron chi connectivity index (χ2n) is 8.68. The van der Waals surface area contributed by atoms with Crippen LogP contribution in [-0.2, 0) is 16.9 Å². The predicted molar refractivity (Wildman–Crippen MR) is 125 cm³/mol. The number of para-hydroxylation sites is 1. The van der Waals surface area contributed by atoms with Gasteiger partial charge in [-0.25, -0.2) is 4.68 Å². The molecular weight excluding hydrogens is 414 g/mol. The zero-order valence-corrected chi connectivity index (χ0v) is 17.9. The summed E-state index contributed by atoms with van der Waals surface area (Å²) in [6.07, 6.45) is 0.876. The molecule has 0 unspecified atom stereocenters. The van der Waals surface area contributed by atoms with Crippen LogP contribution in [0.25, 0.3) is 0 Å². The van der Waals surface area contributed by atoms with E-state index >= 15 is 0 Å². The van der Waals surface area contributed by atoms with Crippen molar-refractivity contribution < 1.29 is 9.90 Å². The molecule has 1 N–H and O–H groups in total. The van der Waals surface area contributed by atoms with E-state index in [0.29, 0.717) is 6.54 Å². The molecule has 0 saturated carbocycles. The summed E-state index contributed by atoms with van der Waals surface area (Å²) >= 11 is 0. The molecule has 6 heteroatoms. The van der Waals surface area contributed by atoms with E-state index in [2.05, 4.69) is 0 Å². The maximum Gasteiger partial charge on any atom is 0.269 e. The fourth-order valence-corrected chi connectivity index (χ4v) is 5.61. The molecule has 6 nitrogen and oxygen atoms in total. The van der Waals surface area contributed by atoms with Crippen molar-refractivity contribution in [3.8, 4) is 0 Å². The van der Waals surface area contributed by atoms with E-state index in [-0.39, 0.29) is 23.8 Å². The van der Waals surface area contributed by atoms with Crippen LogP contribution in [0, 0.1) is 0 Å². The maximum absolute atomic E-state index is 14.5. The number of carbonyl (C=O) groups is 1. The van der Waals surface area contributed by atoms with Gasteiger partial charge in [0.05, 0.1) is 12.2 Å². The molecule has 33 heavy (non-hydrogen) atoms. The Labute approximate surface area is 190 Å². The molecule has 3 atom stereocenters. The quantitative estimate of drug-likeness (QED) is 0.532. The van der Waals surface area contributed by atoms with Crippen molar-refractivity contribution in [1.82, 2.24) is 9.36 Å². The first-order chi connectivity index (χ1) is 16.1. The topological polar surface area (TPSA) is 67.5 Å². The van der Waals surface area contributed by atoms with Gasteiger partial charge in [0.2, 0.25) is 0 Å². The van der Waals surface area contributed by atoms with Gasteiger partial charge in [-0.15, -0.1) is 0 Å². The van der Waals surface area contributed by atoms with Gasteiger partial charge in [0.25, 0.3) is 11.5 Å². The molecule has 3 heterocycles. The number of rotatable bonds is 3. The number of carbonyl (C=O) groups excluding carboxylic acids is 1. The maximum atomic E-state index is 14.5. The van der Waals surface area contributed by atoms with Gasteiger partial charge in [0, 0.05) is 30.2 Å². The highest BCUT2D eigenvalue weighted by atomic mass is 16.3. The van der Waals surface area contributed by atoms with Gasteiger partial charge >= 0.3 is 0 Å². The molecule has 4 aromatic rings. The van der Waals surface area contributed by atoms with Crippen molar-refractivity contribution >= 4 is 11.6 Å². The zero-order valence-electron chi connectivity index (χ0n) is 17.9. The lowest BCUT2D eigenvalue weighted by atomic mass is 9.72. The minimum Gasteiger partial charge on any atom is -0.372 e. The van der Waals surface area contributed by atoms with Crippen LogP contribution in [0.4, 0.5) is 5.69 Å². The molecule has 1 aromatic heterocycles. The molecule has 0 bridgehead atoms.